The zero-order chi connectivity index (χ0) is 10.2. The molecule has 0 aliphatic rings. The Morgan fingerprint density at radius 2 is 1.33 bits per heavy atom. The van der Waals surface area contributed by atoms with E-state index in [9.17, 15) is 8.42 Å². The van der Waals surface area contributed by atoms with E-state index in [1.165, 1.54) is 0 Å². The molecular weight excluding hydrogens is 212 g/mol. The van der Waals surface area contributed by atoms with Gasteiger partial charge in [-0.15, -0.1) is 9.06 Å². The molecule has 0 bridgehead atoms. The molecule has 0 aromatic carbocycles. The third-order valence-electron chi connectivity index (χ3n) is 0.964. The van der Waals surface area contributed by atoms with E-state index in [2.05, 4.69) is 0 Å². The highest BCUT2D eigenvalue weighted by atomic mass is 33.2. The van der Waals surface area contributed by atoms with Crippen LogP contribution in [0, 0.1) is 0 Å². The summed E-state index contributed by atoms with van der Waals surface area (Å²) in [5.74, 6) is 0. The van der Waals surface area contributed by atoms with Gasteiger partial charge in [0.1, 0.15) is 0 Å². The lowest BCUT2D eigenvalue weighted by Gasteiger charge is -2.28. The van der Waals surface area contributed by atoms with Crippen LogP contribution in [0.5, 0.6) is 0 Å². The third kappa shape index (κ3) is 3.93. The van der Waals surface area contributed by atoms with Crippen LogP contribution in [0.4, 0.5) is 0 Å². The number of rotatable bonds is 3. The smallest absolute Gasteiger partial charge is 0.294 e. The van der Waals surface area contributed by atoms with Crippen molar-refractivity contribution in [2.45, 2.75) is 19.6 Å². The van der Waals surface area contributed by atoms with Crippen molar-refractivity contribution in [3.8, 4) is 0 Å². The van der Waals surface area contributed by atoms with Crippen molar-refractivity contribution < 1.29 is 12.3 Å². The van der Waals surface area contributed by atoms with E-state index < -0.39 is 26.5 Å². The van der Waals surface area contributed by atoms with Crippen LogP contribution in [0.1, 0.15) is 0 Å². The topological polar surface area (TPSA) is 43.4 Å². The van der Waals surface area contributed by atoms with Gasteiger partial charge in [-0.1, -0.05) is 0 Å². The lowest BCUT2D eigenvalue weighted by atomic mass is 11.8. The summed E-state index contributed by atoms with van der Waals surface area (Å²) in [7, 11) is -6.93. The predicted octanol–water partition coefficient (Wildman–Crippen LogP) is 1.78. The van der Waals surface area contributed by atoms with Crippen molar-refractivity contribution in [3.63, 3.8) is 0 Å². The first-order chi connectivity index (χ1) is 4.96. The van der Waals surface area contributed by atoms with Gasteiger partial charge in [0.25, 0.3) is 9.15 Å². The molecule has 3 nitrogen and oxygen atoms in total. The second-order valence-electron chi connectivity index (χ2n) is 4.33. The van der Waals surface area contributed by atoms with Gasteiger partial charge < -0.3 is 3.87 Å². The zero-order valence-electron chi connectivity index (χ0n) is 8.54. The third-order valence-corrected chi connectivity index (χ3v) is 9.29. The molecule has 12 heavy (non-hydrogen) atoms. The van der Waals surface area contributed by atoms with E-state index in [-0.39, 0.29) is 0 Å². The summed E-state index contributed by atoms with van der Waals surface area (Å²) in [4.78, 5) is 0. The Morgan fingerprint density at radius 3 is 1.42 bits per heavy atom. The van der Waals surface area contributed by atoms with Crippen molar-refractivity contribution >= 4 is 26.5 Å². The molecule has 0 aromatic rings. The quantitative estimate of drug-likeness (QED) is 0.548. The van der Waals surface area contributed by atoms with Gasteiger partial charge in [-0.3, -0.25) is 0 Å². The van der Waals surface area contributed by atoms with Crippen LogP contribution in [0.3, 0.4) is 0 Å². The van der Waals surface area contributed by atoms with Crippen molar-refractivity contribution in [2.24, 2.45) is 0 Å². The molecule has 0 aliphatic carbocycles. The molecule has 0 saturated heterocycles. The Kier molecular flexibility index (Phi) is 3.45. The molecule has 0 saturated carbocycles. The van der Waals surface area contributed by atoms with Crippen molar-refractivity contribution in [1.82, 2.24) is 0 Å². The first-order valence-corrected chi connectivity index (χ1v) is 11.8. The molecule has 0 rings (SSSR count). The summed E-state index contributed by atoms with van der Waals surface area (Å²) in [6, 6.07) is 0. The van der Waals surface area contributed by atoms with Crippen molar-refractivity contribution in [1.29, 1.82) is 0 Å². The maximum Gasteiger partial charge on any atom is 0.294 e. The first-order valence-electron chi connectivity index (χ1n) is 3.60. The van der Waals surface area contributed by atoms with Gasteiger partial charge in [0.2, 0.25) is 8.32 Å². The van der Waals surface area contributed by atoms with Crippen LogP contribution < -0.4 is 0 Å². The van der Waals surface area contributed by atoms with E-state index in [0.717, 1.165) is 0 Å². The molecule has 0 spiro atoms. The lowest BCUT2D eigenvalue weighted by molar-refractivity contribution is 0.504. The molecular formula is C6H18O3S2Si. The Bertz CT molecular complexity index is 245. The molecule has 0 radical (unpaired) electrons. The average Bonchev–Trinajstić information content (AvgIpc) is 1.52. The number of hydrogen-bond acceptors (Lipinski definition) is 3. The monoisotopic (exact) mass is 230 g/mol. The van der Waals surface area contributed by atoms with E-state index in [4.69, 9.17) is 3.87 Å². The van der Waals surface area contributed by atoms with Gasteiger partial charge in [0, 0.05) is 0 Å². The maximum absolute atomic E-state index is 11.5. The van der Waals surface area contributed by atoms with Crippen molar-refractivity contribution in [2.75, 3.05) is 18.8 Å². The van der Waals surface area contributed by atoms with Gasteiger partial charge in [-0.25, -0.2) is 0 Å². The highest BCUT2D eigenvalue weighted by molar-refractivity contribution is 8.88. The van der Waals surface area contributed by atoms with Crippen LogP contribution in [0.25, 0.3) is 0 Å². The zero-order valence-corrected chi connectivity index (χ0v) is 11.2. The van der Waals surface area contributed by atoms with Crippen LogP contribution in [-0.2, 0) is 13.0 Å². The molecule has 0 atom stereocenters. The highest BCUT2D eigenvalue weighted by Crippen LogP contribution is 2.44. The molecule has 6 heteroatoms. The number of hydrogen-bond donors (Lipinski definition) is 0. The highest BCUT2D eigenvalue weighted by Gasteiger charge is 2.31. The van der Waals surface area contributed by atoms with Gasteiger partial charge in [-0.2, -0.15) is 8.42 Å². The lowest BCUT2D eigenvalue weighted by Crippen LogP contribution is -2.30. The van der Waals surface area contributed by atoms with E-state index in [0.29, 0.717) is 0 Å². The van der Waals surface area contributed by atoms with Crippen LogP contribution in [0.2, 0.25) is 19.6 Å². The fourth-order valence-corrected chi connectivity index (χ4v) is 7.35. The van der Waals surface area contributed by atoms with E-state index >= 15 is 0 Å². The molecule has 0 unspecified atom stereocenters. The molecule has 0 aromatic heterocycles. The molecule has 0 N–H and O–H groups in total. The minimum absolute atomic E-state index is 1.65. The fourth-order valence-electron chi connectivity index (χ4n) is 0.408. The van der Waals surface area contributed by atoms with E-state index in [1.807, 2.05) is 19.6 Å². The minimum atomic E-state index is -3.31. The fraction of sp³-hybridized carbons (Fsp3) is 1.00. The summed E-state index contributed by atoms with van der Waals surface area (Å²) >= 11 is 0. The Labute approximate surface area is 77.5 Å². The van der Waals surface area contributed by atoms with Gasteiger partial charge >= 0.3 is 0 Å². The van der Waals surface area contributed by atoms with Crippen LogP contribution >= 0.6 is 9.06 Å². The molecule has 0 fully saturated rings. The first kappa shape index (κ1) is 12.5. The van der Waals surface area contributed by atoms with Crippen molar-refractivity contribution in [3.05, 3.63) is 0 Å². The van der Waals surface area contributed by atoms with Gasteiger partial charge in [0.05, 0.1) is 0 Å². The molecule has 0 heterocycles. The molecule has 76 valence electrons. The Morgan fingerprint density at radius 1 is 1.00 bits per heavy atom. The van der Waals surface area contributed by atoms with E-state index in [1.54, 1.807) is 18.8 Å². The molecule has 0 amide bonds. The summed E-state index contributed by atoms with van der Waals surface area (Å²) < 4.78 is 28.2. The standard InChI is InChI=1S/C6H18O3S2Si/c1-10(2,3)11(7,8)9-12(4,5)6/h1-6H3. The minimum Gasteiger partial charge on any atom is -0.309 e. The predicted molar refractivity (Wildman–Crippen MR) is 58.7 cm³/mol. The SMILES string of the molecule is C[Si](C)(C)OS(=O)(=O)S(C)(C)C. The van der Waals surface area contributed by atoms with Gasteiger partial charge in [0.15, 0.2) is 0 Å². The normalized spacial score (nSPS) is 16.2. The summed E-state index contributed by atoms with van der Waals surface area (Å²) in [6.45, 7) is 5.61. The van der Waals surface area contributed by atoms with Crippen LogP contribution in [-0.4, -0.2) is 35.5 Å². The summed E-state index contributed by atoms with van der Waals surface area (Å²) in [5.41, 5.74) is 0. The second kappa shape index (κ2) is 3.32. The summed E-state index contributed by atoms with van der Waals surface area (Å²) in [6.07, 6.45) is 5.17. The Hall–Kier alpha value is 0.477. The molecule has 0 aliphatic heterocycles. The summed E-state index contributed by atoms with van der Waals surface area (Å²) in [5, 5.41) is 0. The Balaban J connectivity index is 4.70. The second-order valence-corrected chi connectivity index (χ2v) is 17.7. The largest absolute Gasteiger partial charge is 0.309 e. The maximum atomic E-state index is 11.5. The average molecular weight is 230 g/mol. The van der Waals surface area contributed by atoms with Gasteiger partial charge in [-0.05, 0) is 38.4 Å². The van der Waals surface area contributed by atoms with Crippen LogP contribution in [0.15, 0.2) is 0 Å².